The summed E-state index contributed by atoms with van der Waals surface area (Å²) in [6.07, 6.45) is 2.99. The lowest BCUT2D eigenvalue weighted by molar-refractivity contribution is 0.776. The molecule has 0 bridgehead atoms. The molecule has 0 fully saturated rings. The molecule has 0 unspecified atom stereocenters. The smallest absolute Gasteiger partial charge is 0.132 e. The van der Waals surface area contributed by atoms with Crippen LogP contribution in [0.3, 0.4) is 0 Å². The van der Waals surface area contributed by atoms with Gasteiger partial charge in [0.05, 0.1) is 6.54 Å². The van der Waals surface area contributed by atoms with Crippen LogP contribution in [0.25, 0.3) is 0 Å². The molecule has 0 aliphatic rings. The number of halogens is 1. The molecule has 0 saturated heterocycles. The maximum atomic E-state index is 4.51. The minimum absolute atomic E-state index is 0.821. The third-order valence-corrected chi connectivity index (χ3v) is 3.54. The average molecular weight is 323 g/mol. The van der Waals surface area contributed by atoms with Crippen molar-refractivity contribution >= 4 is 21.7 Å². The Labute approximate surface area is 122 Å². The molecule has 0 atom stereocenters. The number of aromatic nitrogens is 3. The van der Waals surface area contributed by atoms with E-state index in [0.29, 0.717) is 0 Å². The summed E-state index contributed by atoms with van der Waals surface area (Å²) in [5, 5.41) is 0. The normalized spacial score (nSPS) is 10.8. The zero-order valence-electron chi connectivity index (χ0n) is 11.8. The van der Waals surface area contributed by atoms with Crippen molar-refractivity contribution in [1.82, 2.24) is 14.5 Å². The Morgan fingerprint density at radius 3 is 2.63 bits per heavy atom. The lowest BCUT2D eigenvalue weighted by Crippen LogP contribution is -2.20. The first kappa shape index (κ1) is 14.1. The topological polar surface area (TPSA) is 34.0 Å². The predicted octanol–water partition coefficient (Wildman–Crippen LogP) is 3.08. The van der Waals surface area contributed by atoms with Crippen LogP contribution in [-0.2, 0) is 20.0 Å². The van der Waals surface area contributed by atoms with Gasteiger partial charge in [-0.05, 0) is 35.3 Å². The van der Waals surface area contributed by atoms with Gasteiger partial charge in [0.15, 0.2) is 0 Å². The summed E-state index contributed by atoms with van der Waals surface area (Å²) >= 11 is 3.50. The van der Waals surface area contributed by atoms with Crippen molar-refractivity contribution in [2.45, 2.75) is 26.8 Å². The summed E-state index contributed by atoms with van der Waals surface area (Å²) in [5.74, 6) is 1.80. The lowest BCUT2D eigenvalue weighted by atomic mass is 10.3. The highest BCUT2D eigenvalue weighted by Crippen LogP contribution is 2.18. The molecule has 2 aromatic rings. The molecule has 0 aliphatic heterocycles. The Hall–Kier alpha value is -1.36. The second kappa shape index (κ2) is 5.74. The van der Waals surface area contributed by atoms with Gasteiger partial charge in [0, 0.05) is 42.2 Å². The Kier molecular flexibility index (Phi) is 4.24. The Bertz CT molecular complexity index is 577. The van der Waals surface area contributed by atoms with Crippen LogP contribution >= 0.6 is 15.9 Å². The summed E-state index contributed by atoms with van der Waals surface area (Å²) in [7, 11) is 4.11. The molecule has 4 nitrogen and oxygen atoms in total. The van der Waals surface area contributed by atoms with Crippen LogP contribution in [0.2, 0.25) is 0 Å². The molecular weight excluding hydrogens is 304 g/mol. The molecule has 5 heteroatoms. The fraction of sp³-hybridized carbons (Fsp3) is 0.429. The summed E-state index contributed by atoms with van der Waals surface area (Å²) in [6, 6.07) is 4.19. The molecule has 0 aromatic carbocycles. The zero-order valence-corrected chi connectivity index (χ0v) is 13.4. The number of aryl methyl sites for hydroxylation is 3. The van der Waals surface area contributed by atoms with Gasteiger partial charge in [-0.15, -0.1) is 0 Å². The Morgan fingerprint density at radius 1 is 1.32 bits per heavy atom. The number of nitrogens with zero attached hydrogens (tertiary/aromatic N) is 4. The molecule has 0 spiro atoms. The second-order valence-corrected chi connectivity index (χ2v) is 5.65. The number of anilines is 1. The van der Waals surface area contributed by atoms with Crippen LogP contribution in [0.5, 0.6) is 0 Å². The largest absolute Gasteiger partial charge is 0.354 e. The summed E-state index contributed by atoms with van der Waals surface area (Å²) in [6.45, 7) is 4.87. The molecule has 0 aliphatic carbocycles. The van der Waals surface area contributed by atoms with Crippen molar-refractivity contribution in [3.05, 3.63) is 40.0 Å². The minimum Gasteiger partial charge on any atom is -0.354 e. The fourth-order valence-corrected chi connectivity index (χ4v) is 2.61. The van der Waals surface area contributed by atoms with Crippen molar-refractivity contribution in [2.75, 3.05) is 11.9 Å². The molecule has 0 N–H and O–H groups in total. The van der Waals surface area contributed by atoms with Crippen LogP contribution in [-0.4, -0.2) is 21.6 Å². The van der Waals surface area contributed by atoms with E-state index in [2.05, 4.69) is 74.7 Å². The Balaban J connectivity index is 2.22. The van der Waals surface area contributed by atoms with E-state index in [1.807, 2.05) is 6.92 Å². The van der Waals surface area contributed by atoms with Crippen molar-refractivity contribution in [1.29, 1.82) is 0 Å². The van der Waals surface area contributed by atoms with E-state index in [9.17, 15) is 0 Å². The molecule has 0 saturated carbocycles. The molecule has 2 aromatic heterocycles. The van der Waals surface area contributed by atoms with E-state index in [1.54, 1.807) is 0 Å². The van der Waals surface area contributed by atoms with Crippen molar-refractivity contribution in [3.63, 3.8) is 0 Å². The molecule has 2 rings (SSSR count). The molecule has 0 amide bonds. The van der Waals surface area contributed by atoms with Crippen LogP contribution in [0.4, 0.5) is 5.82 Å². The first-order chi connectivity index (χ1) is 8.99. The molecule has 102 valence electrons. The maximum Gasteiger partial charge on any atom is 0.132 e. The minimum atomic E-state index is 0.821. The van der Waals surface area contributed by atoms with Gasteiger partial charge < -0.3 is 9.47 Å². The van der Waals surface area contributed by atoms with E-state index in [4.69, 9.17) is 0 Å². The van der Waals surface area contributed by atoms with E-state index >= 15 is 0 Å². The molecule has 2 heterocycles. The third-order valence-electron chi connectivity index (χ3n) is 3.10. The summed E-state index contributed by atoms with van der Waals surface area (Å²) in [5.41, 5.74) is 2.33. The van der Waals surface area contributed by atoms with Crippen LogP contribution in [0.15, 0.2) is 22.8 Å². The van der Waals surface area contributed by atoms with Gasteiger partial charge in [0.25, 0.3) is 0 Å². The van der Waals surface area contributed by atoms with E-state index < -0.39 is 0 Å². The van der Waals surface area contributed by atoms with Crippen molar-refractivity contribution in [3.8, 4) is 0 Å². The quantitative estimate of drug-likeness (QED) is 0.867. The van der Waals surface area contributed by atoms with Gasteiger partial charge in [-0.2, -0.15) is 0 Å². The number of hydrogen-bond donors (Lipinski definition) is 0. The summed E-state index contributed by atoms with van der Waals surface area (Å²) < 4.78 is 3.22. The zero-order chi connectivity index (χ0) is 14.0. The van der Waals surface area contributed by atoms with Gasteiger partial charge in [-0.25, -0.2) is 9.97 Å². The number of hydrogen-bond acceptors (Lipinski definition) is 3. The van der Waals surface area contributed by atoms with E-state index in [-0.39, 0.29) is 0 Å². The second-order valence-electron chi connectivity index (χ2n) is 4.73. The standard InChI is InChI=1S/C14H19BrN4/c1-5-12-7-14(17-10(2)16-12)19(4)9-13-6-11(15)8-18(13)3/h6-8H,5,9H2,1-4H3. The van der Waals surface area contributed by atoms with Crippen molar-refractivity contribution < 1.29 is 0 Å². The van der Waals surface area contributed by atoms with Gasteiger partial charge in [-0.1, -0.05) is 6.92 Å². The van der Waals surface area contributed by atoms with Crippen LogP contribution in [0.1, 0.15) is 24.1 Å². The molecular formula is C14H19BrN4. The average Bonchev–Trinajstić information content (AvgIpc) is 2.67. The summed E-state index contributed by atoms with van der Waals surface area (Å²) in [4.78, 5) is 11.1. The maximum absolute atomic E-state index is 4.51. The highest BCUT2D eigenvalue weighted by molar-refractivity contribution is 9.10. The number of rotatable bonds is 4. The Morgan fingerprint density at radius 2 is 2.05 bits per heavy atom. The first-order valence-electron chi connectivity index (χ1n) is 6.36. The van der Waals surface area contributed by atoms with Crippen LogP contribution in [0, 0.1) is 6.92 Å². The van der Waals surface area contributed by atoms with Crippen molar-refractivity contribution in [2.24, 2.45) is 7.05 Å². The fourth-order valence-electron chi connectivity index (χ4n) is 2.04. The monoisotopic (exact) mass is 322 g/mol. The van der Waals surface area contributed by atoms with E-state index in [0.717, 1.165) is 34.8 Å². The van der Waals surface area contributed by atoms with Crippen LogP contribution < -0.4 is 4.90 Å². The van der Waals surface area contributed by atoms with Gasteiger partial charge in [0.1, 0.15) is 11.6 Å². The van der Waals surface area contributed by atoms with Gasteiger partial charge in [-0.3, -0.25) is 0 Å². The molecule has 19 heavy (non-hydrogen) atoms. The lowest BCUT2D eigenvalue weighted by Gasteiger charge is -2.19. The third kappa shape index (κ3) is 3.35. The highest BCUT2D eigenvalue weighted by Gasteiger charge is 2.09. The highest BCUT2D eigenvalue weighted by atomic mass is 79.9. The van der Waals surface area contributed by atoms with Gasteiger partial charge >= 0.3 is 0 Å². The predicted molar refractivity (Wildman–Crippen MR) is 81.4 cm³/mol. The first-order valence-corrected chi connectivity index (χ1v) is 7.15. The van der Waals surface area contributed by atoms with E-state index in [1.165, 1.54) is 5.69 Å². The van der Waals surface area contributed by atoms with Gasteiger partial charge in [0.2, 0.25) is 0 Å². The molecule has 0 radical (unpaired) electrons. The SMILES string of the molecule is CCc1cc(N(C)Cc2cc(Br)cn2C)nc(C)n1.